The maximum absolute atomic E-state index is 11.8. The molecule has 0 radical (unpaired) electrons. The van der Waals surface area contributed by atoms with Crippen molar-refractivity contribution in [3.8, 4) is 0 Å². The Morgan fingerprint density at radius 3 is 2.60 bits per heavy atom. The normalized spacial score (nSPS) is 19.4. The molecule has 0 saturated carbocycles. The minimum absolute atomic E-state index is 0.0670. The molecule has 2 atom stereocenters. The zero-order valence-corrected chi connectivity index (χ0v) is 13.0. The SMILES string of the molecule is CCC(CCO)NC(=O)NCC(C)CN1CCCCC1. The molecule has 5 heteroatoms. The van der Waals surface area contributed by atoms with Crippen molar-refractivity contribution in [3.63, 3.8) is 0 Å². The predicted octanol–water partition coefficient (Wildman–Crippen LogP) is 1.57. The summed E-state index contributed by atoms with van der Waals surface area (Å²) in [4.78, 5) is 14.3. The second kappa shape index (κ2) is 10.00. The van der Waals surface area contributed by atoms with Crippen molar-refractivity contribution in [2.45, 2.75) is 52.0 Å². The topological polar surface area (TPSA) is 64.6 Å². The van der Waals surface area contributed by atoms with Crippen LogP contribution in [0.5, 0.6) is 0 Å². The van der Waals surface area contributed by atoms with Gasteiger partial charge in [0.2, 0.25) is 0 Å². The third-order valence-corrected chi connectivity index (χ3v) is 3.94. The van der Waals surface area contributed by atoms with Crippen molar-refractivity contribution in [1.82, 2.24) is 15.5 Å². The van der Waals surface area contributed by atoms with Crippen molar-refractivity contribution >= 4 is 6.03 Å². The quantitative estimate of drug-likeness (QED) is 0.634. The van der Waals surface area contributed by atoms with E-state index >= 15 is 0 Å². The van der Waals surface area contributed by atoms with Gasteiger partial charge in [-0.25, -0.2) is 4.79 Å². The predicted molar refractivity (Wildman–Crippen MR) is 81.8 cm³/mol. The molecule has 20 heavy (non-hydrogen) atoms. The lowest BCUT2D eigenvalue weighted by atomic mass is 10.1. The zero-order valence-electron chi connectivity index (χ0n) is 13.0. The fourth-order valence-electron chi connectivity index (χ4n) is 2.68. The molecule has 0 bridgehead atoms. The molecular weight excluding hydrogens is 254 g/mol. The number of nitrogens with zero attached hydrogens (tertiary/aromatic N) is 1. The molecule has 5 nitrogen and oxygen atoms in total. The summed E-state index contributed by atoms with van der Waals surface area (Å²) in [5.74, 6) is 0.469. The number of amides is 2. The number of rotatable bonds is 8. The third-order valence-electron chi connectivity index (χ3n) is 3.94. The Bertz CT molecular complexity index is 268. The number of aliphatic hydroxyl groups excluding tert-OH is 1. The molecule has 2 amide bonds. The van der Waals surface area contributed by atoms with Gasteiger partial charge in [-0.3, -0.25) is 0 Å². The highest BCUT2D eigenvalue weighted by molar-refractivity contribution is 5.74. The highest BCUT2D eigenvalue weighted by Crippen LogP contribution is 2.10. The molecule has 1 rings (SSSR count). The molecule has 0 spiro atoms. The van der Waals surface area contributed by atoms with Gasteiger partial charge in [0.1, 0.15) is 0 Å². The molecule has 0 aliphatic carbocycles. The number of hydrogen-bond donors (Lipinski definition) is 3. The number of urea groups is 1. The van der Waals surface area contributed by atoms with Crippen molar-refractivity contribution in [2.24, 2.45) is 5.92 Å². The van der Waals surface area contributed by atoms with E-state index < -0.39 is 0 Å². The van der Waals surface area contributed by atoms with Crippen LogP contribution in [0.25, 0.3) is 0 Å². The van der Waals surface area contributed by atoms with Gasteiger partial charge in [-0.05, 0) is 44.7 Å². The average Bonchev–Trinajstić information content (AvgIpc) is 2.45. The van der Waals surface area contributed by atoms with Gasteiger partial charge in [-0.1, -0.05) is 20.3 Å². The van der Waals surface area contributed by atoms with Crippen LogP contribution in [0.1, 0.15) is 46.0 Å². The summed E-state index contributed by atoms with van der Waals surface area (Å²) in [5.41, 5.74) is 0. The Morgan fingerprint density at radius 1 is 1.30 bits per heavy atom. The summed E-state index contributed by atoms with van der Waals surface area (Å²) < 4.78 is 0. The first-order valence-corrected chi connectivity index (χ1v) is 8.03. The van der Waals surface area contributed by atoms with Crippen LogP contribution >= 0.6 is 0 Å². The number of likely N-dealkylation sites (tertiary alicyclic amines) is 1. The largest absolute Gasteiger partial charge is 0.396 e. The van der Waals surface area contributed by atoms with Crippen LogP contribution in [0.2, 0.25) is 0 Å². The van der Waals surface area contributed by atoms with Gasteiger partial charge in [-0.15, -0.1) is 0 Å². The number of carbonyl (C=O) groups excluding carboxylic acids is 1. The van der Waals surface area contributed by atoms with Crippen molar-refractivity contribution in [3.05, 3.63) is 0 Å². The molecule has 1 fully saturated rings. The van der Waals surface area contributed by atoms with Gasteiger partial charge in [0.25, 0.3) is 0 Å². The first-order valence-electron chi connectivity index (χ1n) is 8.03. The van der Waals surface area contributed by atoms with E-state index in [1.165, 1.54) is 32.4 Å². The summed E-state index contributed by atoms with van der Waals surface area (Å²) in [6, 6.07) is -0.0480. The highest BCUT2D eigenvalue weighted by Gasteiger charge is 2.15. The van der Waals surface area contributed by atoms with Crippen molar-refractivity contribution in [1.29, 1.82) is 0 Å². The number of nitrogens with one attached hydrogen (secondary N) is 2. The van der Waals surface area contributed by atoms with Crippen LogP contribution in [-0.2, 0) is 0 Å². The highest BCUT2D eigenvalue weighted by atomic mass is 16.3. The van der Waals surface area contributed by atoms with E-state index in [1.807, 2.05) is 6.92 Å². The Hall–Kier alpha value is -0.810. The number of aliphatic hydroxyl groups is 1. The lowest BCUT2D eigenvalue weighted by Crippen LogP contribution is -2.45. The fourth-order valence-corrected chi connectivity index (χ4v) is 2.68. The van der Waals surface area contributed by atoms with E-state index in [2.05, 4.69) is 22.5 Å². The molecule has 1 aliphatic heterocycles. The minimum atomic E-state index is -0.115. The van der Waals surface area contributed by atoms with Gasteiger partial charge in [-0.2, -0.15) is 0 Å². The standard InChI is InChI=1S/C15H31N3O2/c1-3-14(7-10-19)17-15(20)16-11-13(2)12-18-8-5-4-6-9-18/h13-14,19H,3-12H2,1-2H3,(H2,16,17,20). The van der Waals surface area contributed by atoms with E-state index in [1.54, 1.807) is 0 Å². The molecular formula is C15H31N3O2. The molecule has 1 heterocycles. The molecule has 1 saturated heterocycles. The third kappa shape index (κ3) is 7.10. The molecule has 0 aromatic rings. The molecule has 118 valence electrons. The van der Waals surface area contributed by atoms with Gasteiger partial charge in [0, 0.05) is 25.7 Å². The zero-order chi connectivity index (χ0) is 14.8. The monoisotopic (exact) mass is 285 g/mol. The molecule has 0 aromatic heterocycles. The Kier molecular flexibility index (Phi) is 8.62. The maximum Gasteiger partial charge on any atom is 0.315 e. The van der Waals surface area contributed by atoms with Gasteiger partial charge in [0.05, 0.1) is 0 Å². The van der Waals surface area contributed by atoms with Crippen LogP contribution in [0.4, 0.5) is 4.79 Å². The van der Waals surface area contributed by atoms with E-state index in [0.29, 0.717) is 18.9 Å². The van der Waals surface area contributed by atoms with E-state index in [4.69, 9.17) is 5.11 Å². The lowest BCUT2D eigenvalue weighted by molar-refractivity contribution is 0.196. The van der Waals surface area contributed by atoms with Gasteiger partial charge in [0.15, 0.2) is 0 Å². The minimum Gasteiger partial charge on any atom is -0.396 e. The summed E-state index contributed by atoms with van der Waals surface area (Å²) >= 11 is 0. The van der Waals surface area contributed by atoms with Crippen molar-refractivity contribution in [2.75, 3.05) is 32.8 Å². The van der Waals surface area contributed by atoms with Crippen molar-refractivity contribution < 1.29 is 9.90 Å². The smallest absolute Gasteiger partial charge is 0.315 e. The van der Waals surface area contributed by atoms with E-state index in [9.17, 15) is 4.79 Å². The van der Waals surface area contributed by atoms with E-state index in [0.717, 1.165) is 13.0 Å². The number of hydrogen-bond acceptors (Lipinski definition) is 3. The van der Waals surface area contributed by atoms with Gasteiger partial charge >= 0.3 is 6.03 Å². The van der Waals surface area contributed by atoms with Crippen LogP contribution in [0, 0.1) is 5.92 Å². The Balaban J connectivity index is 2.15. The van der Waals surface area contributed by atoms with E-state index in [-0.39, 0.29) is 18.7 Å². The van der Waals surface area contributed by atoms with Crippen LogP contribution in [0.15, 0.2) is 0 Å². The second-order valence-electron chi connectivity index (χ2n) is 5.94. The maximum atomic E-state index is 11.8. The molecule has 0 aromatic carbocycles. The summed E-state index contributed by atoms with van der Waals surface area (Å²) in [6.45, 7) is 8.48. The summed E-state index contributed by atoms with van der Waals surface area (Å²) in [5, 5.41) is 14.7. The van der Waals surface area contributed by atoms with Crippen LogP contribution in [-0.4, -0.2) is 54.9 Å². The first kappa shape index (κ1) is 17.2. The lowest BCUT2D eigenvalue weighted by Gasteiger charge is -2.29. The summed E-state index contributed by atoms with van der Waals surface area (Å²) in [7, 11) is 0. The van der Waals surface area contributed by atoms with Gasteiger partial charge < -0.3 is 20.6 Å². The first-order chi connectivity index (χ1) is 9.65. The molecule has 3 N–H and O–H groups in total. The van der Waals surface area contributed by atoms with Crippen LogP contribution < -0.4 is 10.6 Å². The Morgan fingerprint density at radius 2 is 2.00 bits per heavy atom. The van der Waals surface area contributed by atoms with Crippen LogP contribution in [0.3, 0.4) is 0 Å². The number of carbonyl (C=O) groups is 1. The second-order valence-corrected chi connectivity index (χ2v) is 5.94. The molecule has 2 unspecified atom stereocenters. The summed E-state index contributed by atoms with van der Waals surface area (Å²) in [6.07, 6.45) is 5.43. The average molecular weight is 285 g/mol. The number of piperidine rings is 1. The Labute approximate surface area is 123 Å². The molecule has 1 aliphatic rings. The fraction of sp³-hybridized carbons (Fsp3) is 0.933.